The summed E-state index contributed by atoms with van der Waals surface area (Å²) in [6.07, 6.45) is 6.26. The molecule has 3 rings (SSSR count). The Balaban J connectivity index is 1.44. The molecular formula is C27H38N2O5. The number of fused-ring (bicyclic) bond motifs is 2. The minimum atomic E-state index is -0.522. The van der Waals surface area contributed by atoms with Crippen LogP contribution in [0, 0.1) is 16.7 Å². The summed E-state index contributed by atoms with van der Waals surface area (Å²) in [6, 6.07) is 6.61. The normalized spacial score (nSPS) is 23.2. The highest BCUT2D eigenvalue weighted by Crippen LogP contribution is 2.60. The fourth-order valence-electron chi connectivity index (χ4n) is 5.20. The third-order valence-corrected chi connectivity index (χ3v) is 7.93. The largest absolute Gasteiger partial charge is 0.462 e. The number of anilines is 1. The second-order valence-electron chi connectivity index (χ2n) is 10.4. The number of rotatable bonds is 11. The first kappa shape index (κ1) is 25.9. The standard InChI is InChI=1S/C27H38N2O5/c1-5-6-7-8-18-34-24(32)19-11-13-20(14-12-19)28-22(30)10-9-17-29-23(31)21-15-16-27(4,25(29)33)26(21,2)3/h11-14,21H,5-10,15-18H2,1-4H3,(H,28,30). The Labute approximate surface area is 202 Å². The molecule has 1 heterocycles. The SMILES string of the molecule is CCCCCCOC(=O)c1ccc(NC(=O)CCCN2C(=O)C3CCC(C)(C2=O)C3(C)C)cc1. The van der Waals surface area contributed by atoms with E-state index < -0.39 is 5.41 Å². The van der Waals surface area contributed by atoms with Gasteiger partial charge in [-0.05, 0) is 55.4 Å². The first-order chi connectivity index (χ1) is 16.1. The van der Waals surface area contributed by atoms with E-state index in [1.54, 1.807) is 24.3 Å². The molecule has 1 aromatic rings. The fourth-order valence-corrected chi connectivity index (χ4v) is 5.20. The van der Waals surface area contributed by atoms with Crippen LogP contribution in [0.15, 0.2) is 24.3 Å². The van der Waals surface area contributed by atoms with Gasteiger partial charge in [0.2, 0.25) is 17.7 Å². The highest BCUT2D eigenvalue weighted by molar-refractivity contribution is 6.03. The minimum absolute atomic E-state index is 0.0989. The van der Waals surface area contributed by atoms with E-state index in [0.717, 1.165) is 38.5 Å². The van der Waals surface area contributed by atoms with Crippen molar-refractivity contribution >= 4 is 29.4 Å². The van der Waals surface area contributed by atoms with Crippen LogP contribution in [0.4, 0.5) is 5.69 Å². The Bertz CT molecular complexity index is 923. The molecule has 2 unspecified atom stereocenters. The molecule has 0 radical (unpaired) electrons. The van der Waals surface area contributed by atoms with E-state index in [2.05, 4.69) is 12.2 Å². The molecule has 7 heteroatoms. The van der Waals surface area contributed by atoms with Gasteiger partial charge >= 0.3 is 5.97 Å². The van der Waals surface area contributed by atoms with Gasteiger partial charge in [0.25, 0.3) is 0 Å². The Morgan fingerprint density at radius 3 is 2.44 bits per heavy atom. The number of piperidine rings is 1. The molecule has 1 aliphatic carbocycles. The van der Waals surface area contributed by atoms with Crippen molar-refractivity contribution in [2.45, 2.75) is 79.1 Å². The number of imide groups is 1. The number of carbonyl (C=O) groups excluding carboxylic acids is 4. The number of hydrogen-bond acceptors (Lipinski definition) is 5. The van der Waals surface area contributed by atoms with Gasteiger partial charge in [0.15, 0.2) is 0 Å². The van der Waals surface area contributed by atoms with Crippen LogP contribution in [0.3, 0.4) is 0 Å². The van der Waals surface area contributed by atoms with Crippen molar-refractivity contribution in [2.24, 2.45) is 16.7 Å². The molecule has 34 heavy (non-hydrogen) atoms. The summed E-state index contributed by atoms with van der Waals surface area (Å²) in [5.41, 5.74) is 0.179. The van der Waals surface area contributed by atoms with Gasteiger partial charge in [-0.2, -0.15) is 0 Å². The maximum Gasteiger partial charge on any atom is 0.338 e. The van der Waals surface area contributed by atoms with Gasteiger partial charge in [0.05, 0.1) is 17.6 Å². The zero-order chi connectivity index (χ0) is 24.9. The Morgan fingerprint density at radius 2 is 1.76 bits per heavy atom. The zero-order valence-electron chi connectivity index (χ0n) is 20.9. The molecule has 2 fully saturated rings. The minimum Gasteiger partial charge on any atom is -0.462 e. The lowest BCUT2D eigenvalue weighted by Crippen LogP contribution is -2.59. The summed E-state index contributed by atoms with van der Waals surface area (Å²) >= 11 is 0. The van der Waals surface area contributed by atoms with Crippen LogP contribution in [-0.2, 0) is 19.1 Å². The fraction of sp³-hybridized carbons (Fsp3) is 0.630. The van der Waals surface area contributed by atoms with E-state index in [1.807, 2.05) is 20.8 Å². The van der Waals surface area contributed by atoms with Crippen molar-refractivity contribution in [3.05, 3.63) is 29.8 Å². The van der Waals surface area contributed by atoms with E-state index >= 15 is 0 Å². The van der Waals surface area contributed by atoms with Crippen molar-refractivity contribution in [1.29, 1.82) is 0 Å². The molecular weight excluding hydrogens is 432 g/mol. The predicted octanol–water partition coefficient (Wildman–Crippen LogP) is 4.95. The molecule has 0 spiro atoms. The molecule has 1 aliphatic heterocycles. The summed E-state index contributed by atoms with van der Waals surface area (Å²) in [7, 11) is 0. The number of hydrogen-bond donors (Lipinski definition) is 1. The van der Waals surface area contributed by atoms with Crippen LogP contribution in [0.1, 0.15) is 89.4 Å². The lowest BCUT2D eigenvalue weighted by atomic mass is 9.62. The Morgan fingerprint density at radius 1 is 1.06 bits per heavy atom. The number of nitrogens with zero attached hydrogens (tertiary/aromatic N) is 1. The first-order valence-electron chi connectivity index (χ1n) is 12.5. The molecule has 1 N–H and O–H groups in total. The van der Waals surface area contributed by atoms with Crippen molar-refractivity contribution < 1.29 is 23.9 Å². The molecule has 186 valence electrons. The number of likely N-dealkylation sites (tertiary alicyclic amines) is 1. The zero-order valence-corrected chi connectivity index (χ0v) is 20.9. The van der Waals surface area contributed by atoms with Crippen LogP contribution in [0.5, 0.6) is 0 Å². The molecule has 0 aromatic heterocycles. The van der Waals surface area contributed by atoms with Gasteiger partial charge in [-0.15, -0.1) is 0 Å². The number of amides is 3. The smallest absolute Gasteiger partial charge is 0.338 e. The number of unbranched alkanes of at least 4 members (excludes halogenated alkanes) is 3. The van der Waals surface area contributed by atoms with Gasteiger partial charge in [0.1, 0.15) is 0 Å². The molecule has 3 amide bonds. The summed E-state index contributed by atoms with van der Waals surface area (Å²) < 4.78 is 5.28. The number of benzene rings is 1. The van der Waals surface area contributed by atoms with Crippen molar-refractivity contribution in [3.8, 4) is 0 Å². The monoisotopic (exact) mass is 470 g/mol. The number of nitrogens with one attached hydrogen (secondary N) is 1. The highest BCUT2D eigenvalue weighted by Gasteiger charge is 2.64. The van der Waals surface area contributed by atoms with E-state index in [-0.39, 0.29) is 48.0 Å². The quantitative estimate of drug-likeness (QED) is 0.280. The van der Waals surface area contributed by atoms with Gasteiger partial charge in [-0.3, -0.25) is 19.3 Å². The van der Waals surface area contributed by atoms with Gasteiger partial charge < -0.3 is 10.1 Å². The van der Waals surface area contributed by atoms with Crippen LogP contribution >= 0.6 is 0 Å². The molecule has 2 atom stereocenters. The molecule has 7 nitrogen and oxygen atoms in total. The van der Waals surface area contributed by atoms with Gasteiger partial charge in [-0.25, -0.2) is 4.79 Å². The molecule has 1 saturated heterocycles. The van der Waals surface area contributed by atoms with Crippen molar-refractivity contribution in [2.75, 3.05) is 18.5 Å². The summed E-state index contributed by atoms with van der Waals surface area (Å²) in [6.45, 7) is 8.81. The Kier molecular flexibility index (Phi) is 8.16. The predicted molar refractivity (Wildman–Crippen MR) is 130 cm³/mol. The number of ether oxygens (including phenoxy) is 1. The maximum absolute atomic E-state index is 13.1. The second kappa shape index (κ2) is 10.7. The van der Waals surface area contributed by atoms with Gasteiger partial charge in [-0.1, -0.05) is 47.0 Å². The topological polar surface area (TPSA) is 92.8 Å². The van der Waals surface area contributed by atoms with E-state index in [1.165, 1.54) is 4.90 Å². The third-order valence-electron chi connectivity index (χ3n) is 7.93. The molecule has 2 aliphatic rings. The Hall–Kier alpha value is -2.70. The summed E-state index contributed by atoms with van der Waals surface area (Å²) in [5.74, 6) is -0.901. The maximum atomic E-state index is 13.1. The summed E-state index contributed by atoms with van der Waals surface area (Å²) in [4.78, 5) is 51.8. The average Bonchev–Trinajstić information content (AvgIpc) is 2.99. The van der Waals surface area contributed by atoms with Gasteiger partial charge in [0, 0.05) is 24.6 Å². The van der Waals surface area contributed by atoms with Crippen molar-refractivity contribution in [3.63, 3.8) is 0 Å². The van der Waals surface area contributed by atoms with Crippen LogP contribution < -0.4 is 5.32 Å². The first-order valence-corrected chi connectivity index (χ1v) is 12.5. The third kappa shape index (κ3) is 5.18. The molecule has 1 saturated carbocycles. The number of carbonyl (C=O) groups is 4. The summed E-state index contributed by atoms with van der Waals surface area (Å²) in [5, 5.41) is 2.81. The highest BCUT2D eigenvalue weighted by atomic mass is 16.5. The second-order valence-corrected chi connectivity index (χ2v) is 10.4. The van der Waals surface area contributed by atoms with E-state index in [0.29, 0.717) is 24.3 Å². The molecule has 2 bridgehead atoms. The van der Waals surface area contributed by atoms with E-state index in [4.69, 9.17) is 4.74 Å². The van der Waals surface area contributed by atoms with Crippen LogP contribution in [0.2, 0.25) is 0 Å². The van der Waals surface area contributed by atoms with Crippen LogP contribution in [0.25, 0.3) is 0 Å². The van der Waals surface area contributed by atoms with Crippen molar-refractivity contribution in [1.82, 2.24) is 4.90 Å². The number of esters is 1. The lowest BCUT2D eigenvalue weighted by molar-refractivity contribution is -0.168. The average molecular weight is 471 g/mol. The lowest BCUT2D eigenvalue weighted by Gasteiger charge is -2.47. The van der Waals surface area contributed by atoms with Crippen LogP contribution in [-0.4, -0.2) is 41.7 Å². The molecule has 1 aromatic carbocycles. The van der Waals surface area contributed by atoms with E-state index in [9.17, 15) is 19.2 Å².